The van der Waals surface area contributed by atoms with Crippen LogP contribution in [0.5, 0.6) is 0 Å². The number of nitrogens with one attached hydrogen (secondary N) is 1. The number of aromatic nitrogens is 2. The Labute approximate surface area is 200 Å². The van der Waals surface area contributed by atoms with Crippen LogP contribution in [0.1, 0.15) is 18.4 Å². The van der Waals surface area contributed by atoms with Crippen LogP contribution in [0.3, 0.4) is 0 Å². The van der Waals surface area contributed by atoms with Crippen LogP contribution in [0.4, 0.5) is 14.9 Å². The smallest absolute Gasteiger partial charge is 0.290 e. The van der Waals surface area contributed by atoms with E-state index in [0.29, 0.717) is 27.4 Å². The van der Waals surface area contributed by atoms with Crippen LogP contribution in [0.25, 0.3) is 28.2 Å². The molecule has 0 atom stereocenters. The maximum atomic E-state index is 15.0. The highest BCUT2D eigenvalue weighted by Crippen LogP contribution is 2.32. The largest absolute Gasteiger partial charge is 0.369 e. The number of halogens is 2. The highest BCUT2D eigenvalue weighted by molar-refractivity contribution is 8.18. The third-order valence-electron chi connectivity index (χ3n) is 5.70. The number of benzene rings is 2. The van der Waals surface area contributed by atoms with Crippen molar-refractivity contribution in [3.8, 4) is 11.3 Å². The first-order valence-corrected chi connectivity index (χ1v) is 11.1. The lowest BCUT2D eigenvalue weighted by molar-refractivity contribution is -0.115. The summed E-state index contributed by atoms with van der Waals surface area (Å²) in [5.74, 6) is -0.721. The van der Waals surface area contributed by atoms with Crippen LogP contribution in [-0.2, 0) is 4.79 Å². The van der Waals surface area contributed by atoms with E-state index in [2.05, 4.69) is 15.3 Å². The first kappa shape index (κ1) is 23.2. The lowest BCUT2D eigenvalue weighted by Crippen LogP contribution is -2.40. The van der Waals surface area contributed by atoms with Crippen molar-refractivity contribution in [2.45, 2.75) is 18.9 Å². The maximum Gasteiger partial charge on any atom is 0.290 e. The molecule has 2 aliphatic heterocycles. The Balaban J connectivity index is 0.00000259. The molecule has 2 aromatic carbocycles. The average Bonchev–Trinajstić information content (AvgIpc) is 3.10. The lowest BCUT2D eigenvalue weighted by Gasteiger charge is -2.32. The topological polar surface area (TPSA) is 101 Å². The molecule has 0 bridgehead atoms. The fourth-order valence-electron chi connectivity index (χ4n) is 4.02. The second-order valence-corrected chi connectivity index (χ2v) is 8.86. The van der Waals surface area contributed by atoms with Gasteiger partial charge < -0.3 is 10.6 Å². The van der Waals surface area contributed by atoms with Gasteiger partial charge in [-0.1, -0.05) is 12.1 Å². The predicted octanol–water partition coefficient (Wildman–Crippen LogP) is 4.11. The molecule has 7 nitrogen and oxygen atoms in total. The van der Waals surface area contributed by atoms with E-state index < -0.39 is 11.1 Å². The summed E-state index contributed by atoms with van der Waals surface area (Å²) in [4.78, 5) is 34.3. The molecule has 1 aromatic heterocycles. The fourth-order valence-corrected chi connectivity index (χ4v) is 4.70. The molecular weight excluding hydrogens is 465 g/mol. The van der Waals surface area contributed by atoms with E-state index >= 15 is 4.39 Å². The van der Waals surface area contributed by atoms with Crippen molar-refractivity contribution in [3.05, 3.63) is 59.0 Å². The van der Waals surface area contributed by atoms with Gasteiger partial charge in [0.25, 0.3) is 11.1 Å². The molecule has 0 spiro atoms. The summed E-state index contributed by atoms with van der Waals surface area (Å²) in [6.07, 6.45) is 4.79. The highest BCUT2D eigenvalue weighted by atomic mass is 35.5. The molecule has 5 rings (SSSR count). The summed E-state index contributed by atoms with van der Waals surface area (Å²) in [5.41, 5.74) is 9.20. The zero-order valence-electron chi connectivity index (χ0n) is 17.5. The summed E-state index contributed by atoms with van der Waals surface area (Å²) < 4.78 is 15.0. The van der Waals surface area contributed by atoms with Gasteiger partial charge in [0.2, 0.25) is 0 Å². The molecule has 2 fully saturated rings. The Morgan fingerprint density at radius 1 is 1.12 bits per heavy atom. The third-order valence-corrected chi connectivity index (χ3v) is 6.51. The van der Waals surface area contributed by atoms with Gasteiger partial charge in [-0.05, 0) is 60.5 Å². The zero-order valence-corrected chi connectivity index (χ0v) is 19.1. The van der Waals surface area contributed by atoms with Gasteiger partial charge in [0.1, 0.15) is 12.1 Å². The number of hydrogen-bond donors (Lipinski definition) is 2. The van der Waals surface area contributed by atoms with Crippen molar-refractivity contribution >= 4 is 58.0 Å². The number of hydrogen-bond acceptors (Lipinski definition) is 7. The van der Waals surface area contributed by atoms with Crippen molar-refractivity contribution < 1.29 is 14.0 Å². The molecule has 3 N–H and O–H groups in total. The number of anilines is 1. The van der Waals surface area contributed by atoms with Crippen LogP contribution in [-0.4, -0.2) is 40.2 Å². The minimum Gasteiger partial charge on any atom is -0.369 e. The second kappa shape index (κ2) is 9.46. The summed E-state index contributed by atoms with van der Waals surface area (Å²) in [6, 6.07) is 10.8. The van der Waals surface area contributed by atoms with Gasteiger partial charge in [0, 0.05) is 30.1 Å². The minimum atomic E-state index is -0.416. The molecule has 10 heteroatoms. The Bertz CT molecular complexity index is 1280. The van der Waals surface area contributed by atoms with Gasteiger partial charge in [0.05, 0.1) is 21.8 Å². The number of nitrogens with zero attached hydrogens (tertiary/aromatic N) is 3. The summed E-state index contributed by atoms with van der Waals surface area (Å²) in [6.45, 7) is 1.47. The maximum absolute atomic E-state index is 15.0. The normalized spacial score (nSPS) is 18.0. The van der Waals surface area contributed by atoms with Crippen molar-refractivity contribution in [1.82, 2.24) is 15.3 Å². The number of thioether (sulfide) groups is 1. The van der Waals surface area contributed by atoms with E-state index in [9.17, 15) is 9.59 Å². The molecule has 0 unspecified atom stereocenters. The summed E-state index contributed by atoms with van der Waals surface area (Å²) in [5, 5.41) is 2.58. The Kier molecular flexibility index (Phi) is 6.64. The van der Waals surface area contributed by atoms with Crippen LogP contribution in [0.15, 0.2) is 47.6 Å². The number of fused-ring (bicyclic) bond motifs is 1. The van der Waals surface area contributed by atoms with E-state index in [-0.39, 0.29) is 24.3 Å². The molecule has 0 radical (unpaired) electrons. The average molecular weight is 486 g/mol. The summed E-state index contributed by atoms with van der Waals surface area (Å²) in [7, 11) is 0. The van der Waals surface area contributed by atoms with Crippen LogP contribution in [0, 0.1) is 5.82 Å². The fraction of sp³-hybridized carbons (Fsp3) is 0.217. The number of piperidine rings is 1. The molecule has 0 saturated carbocycles. The van der Waals surface area contributed by atoms with Crippen LogP contribution in [0.2, 0.25) is 0 Å². The molecule has 170 valence electrons. The quantitative estimate of drug-likeness (QED) is 0.538. The van der Waals surface area contributed by atoms with Crippen molar-refractivity contribution in [2.24, 2.45) is 5.73 Å². The minimum absolute atomic E-state index is 0. The van der Waals surface area contributed by atoms with Crippen LogP contribution < -0.4 is 16.0 Å². The van der Waals surface area contributed by atoms with E-state index in [0.717, 1.165) is 48.6 Å². The predicted molar refractivity (Wildman–Crippen MR) is 131 cm³/mol. The van der Waals surface area contributed by atoms with Crippen molar-refractivity contribution in [3.63, 3.8) is 0 Å². The second-order valence-electron chi connectivity index (χ2n) is 7.84. The number of carbonyl (C=O) groups excluding carboxylic acids is 2. The molecule has 0 aliphatic carbocycles. The van der Waals surface area contributed by atoms with Crippen LogP contribution >= 0.6 is 24.2 Å². The number of carbonyl (C=O) groups is 2. The Morgan fingerprint density at radius 3 is 2.61 bits per heavy atom. The number of rotatable bonds is 3. The zero-order chi connectivity index (χ0) is 22.2. The van der Waals surface area contributed by atoms with Crippen molar-refractivity contribution in [2.75, 3.05) is 18.0 Å². The van der Waals surface area contributed by atoms with E-state index in [1.165, 1.54) is 12.4 Å². The SMILES string of the molecule is Cl.NC1CCN(c2ccc(-c3ncnc4ccc(C=C5SC(=O)NC5=O)cc34)cc2F)CC1. The third kappa shape index (κ3) is 4.71. The van der Waals surface area contributed by atoms with E-state index in [1.807, 2.05) is 29.2 Å². The van der Waals surface area contributed by atoms with Gasteiger partial charge in [-0.3, -0.25) is 14.9 Å². The van der Waals surface area contributed by atoms with E-state index in [1.54, 1.807) is 12.1 Å². The molecule has 3 aromatic rings. The molecular formula is C23H21ClFN5O2S. The van der Waals surface area contributed by atoms with Crippen molar-refractivity contribution in [1.29, 1.82) is 0 Å². The Hall–Kier alpha value is -3.01. The lowest BCUT2D eigenvalue weighted by atomic mass is 10.0. The highest BCUT2D eigenvalue weighted by Gasteiger charge is 2.25. The first-order valence-electron chi connectivity index (χ1n) is 10.3. The van der Waals surface area contributed by atoms with Gasteiger partial charge in [0.15, 0.2) is 0 Å². The standard InChI is InChI=1S/C23H20FN5O2S.ClH/c24-17-11-14(2-4-19(17)29-7-5-15(25)6-8-29)21-16-9-13(1-3-18(16)26-12-27-21)10-20-22(30)28-23(31)32-20;/h1-4,9-12,15H,5-8,25H2,(H,28,30,31);1H. The molecule has 33 heavy (non-hydrogen) atoms. The molecule has 3 heterocycles. The van der Waals surface area contributed by atoms with Gasteiger partial charge in [-0.25, -0.2) is 14.4 Å². The number of nitrogens with two attached hydrogens (primary N) is 1. The monoisotopic (exact) mass is 485 g/mol. The van der Waals surface area contributed by atoms with Gasteiger partial charge in [-0.15, -0.1) is 12.4 Å². The number of imide groups is 1. The summed E-state index contributed by atoms with van der Waals surface area (Å²) >= 11 is 0.860. The Morgan fingerprint density at radius 2 is 1.91 bits per heavy atom. The number of amides is 2. The molecule has 2 amide bonds. The van der Waals surface area contributed by atoms with E-state index in [4.69, 9.17) is 5.73 Å². The first-order chi connectivity index (χ1) is 15.5. The van der Waals surface area contributed by atoms with Gasteiger partial charge in [-0.2, -0.15) is 0 Å². The molecule has 2 aliphatic rings. The molecule has 2 saturated heterocycles. The van der Waals surface area contributed by atoms with Gasteiger partial charge >= 0.3 is 0 Å².